The average Bonchev–Trinajstić information content (AvgIpc) is 3.26. The van der Waals surface area contributed by atoms with E-state index in [2.05, 4.69) is 10.6 Å². The Bertz CT molecular complexity index is 1370. The third-order valence-corrected chi connectivity index (χ3v) is 5.95. The van der Waals surface area contributed by atoms with Gasteiger partial charge in [-0.3, -0.25) is 9.83 Å². The fraction of sp³-hybridized carbons (Fsp3) is 0.167. The number of aromatic nitrogens is 2. The molecule has 33 heavy (non-hydrogen) atoms. The number of fused-ring (bicyclic) bond motifs is 1. The van der Waals surface area contributed by atoms with Gasteiger partial charge in [0, 0.05) is 11.2 Å². The number of nitrogens with zero attached hydrogens (tertiary/aromatic N) is 3. The maximum Gasteiger partial charge on any atom is 0.184 e. The number of nitrogens with one attached hydrogen (secondary N) is 1. The molecular formula is C24H19Cl2FN4O2. The molecule has 9 heteroatoms. The van der Waals surface area contributed by atoms with E-state index < -0.39 is 5.82 Å². The van der Waals surface area contributed by atoms with Crippen molar-refractivity contribution in [3.8, 4) is 11.5 Å². The minimum absolute atomic E-state index is 0.00410. The van der Waals surface area contributed by atoms with E-state index in [1.54, 1.807) is 23.0 Å². The van der Waals surface area contributed by atoms with Gasteiger partial charge in [-0.1, -0.05) is 41.4 Å². The number of aliphatic imine (C=N–C) groups is 1. The van der Waals surface area contributed by atoms with Crippen molar-refractivity contribution < 1.29 is 14.0 Å². The highest BCUT2D eigenvalue weighted by Gasteiger charge is 2.22. The molecule has 1 aliphatic rings. The van der Waals surface area contributed by atoms with Crippen molar-refractivity contribution in [3.05, 3.63) is 93.5 Å². The summed E-state index contributed by atoms with van der Waals surface area (Å²) in [4.78, 5) is 10.5. The summed E-state index contributed by atoms with van der Waals surface area (Å²) in [5.41, 5.74) is 6.37. The minimum Gasteiger partial charge on any atom is -0.452 e. The van der Waals surface area contributed by atoms with Crippen molar-refractivity contribution in [2.75, 3.05) is 6.61 Å². The molecule has 5 rings (SSSR count). The van der Waals surface area contributed by atoms with Gasteiger partial charge in [-0.15, -0.1) is 0 Å². The van der Waals surface area contributed by atoms with Crippen molar-refractivity contribution in [2.24, 2.45) is 4.99 Å². The second kappa shape index (κ2) is 9.02. The van der Waals surface area contributed by atoms with Gasteiger partial charge in [-0.05, 0) is 54.8 Å². The van der Waals surface area contributed by atoms with E-state index in [9.17, 15) is 4.39 Å². The summed E-state index contributed by atoms with van der Waals surface area (Å²) in [5.74, 6) is 0.162. The van der Waals surface area contributed by atoms with Crippen molar-refractivity contribution in [3.63, 3.8) is 0 Å². The third-order valence-electron chi connectivity index (χ3n) is 5.31. The summed E-state index contributed by atoms with van der Waals surface area (Å²) in [6.45, 7) is 2.37. The lowest BCUT2D eigenvalue weighted by Crippen LogP contribution is -2.37. The fourth-order valence-electron chi connectivity index (χ4n) is 3.65. The number of aryl methyl sites for hydroxylation is 1. The van der Waals surface area contributed by atoms with E-state index in [4.69, 9.17) is 37.8 Å². The van der Waals surface area contributed by atoms with Gasteiger partial charge in [0.2, 0.25) is 0 Å². The van der Waals surface area contributed by atoms with Crippen LogP contribution < -0.4 is 10.2 Å². The number of benzene rings is 2. The number of hydrogen-bond donors (Lipinski definition) is 1. The number of pyridine rings is 1. The lowest BCUT2D eigenvalue weighted by molar-refractivity contribution is 0.0623. The Labute approximate surface area is 199 Å². The first kappa shape index (κ1) is 21.7. The molecule has 0 fully saturated rings. The van der Waals surface area contributed by atoms with Crippen LogP contribution in [0.2, 0.25) is 10.0 Å². The number of hydrogen-bond acceptors (Lipinski definition) is 5. The predicted molar refractivity (Wildman–Crippen MR) is 126 cm³/mol. The largest absolute Gasteiger partial charge is 0.452 e. The number of hydroxylamine groups is 1. The standard InChI is InChI=1S/C24H19Cl2FN4O2/c1-14-5-6-15(20(26)9-14)10-16-13-32-30-24(29-16)18-11-17-7-8-28-31(17)12-22(18)33-21-4-2-3-19(25)23(21)27/h2-9,11-12,16H,10,13H2,1H3,(H,29,30). The van der Waals surface area contributed by atoms with Crippen LogP contribution in [0.25, 0.3) is 5.52 Å². The van der Waals surface area contributed by atoms with E-state index in [0.717, 1.165) is 16.6 Å². The Morgan fingerprint density at radius 1 is 1.15 bits per heavy atom. The Morgan fingerprint density at radius 2 is 2.03 bits per heavy atom. The van der Waals surface area contributed by atoms with Crippen LogP contribution in [-0.4, -0.2) is 28.1 Å². The first-order chi connectivity index (χ1) is 16.0. The first-order valence-electron chi connectivity index (χ1n) is 10.3. The second-order valence-corrected chi connectivity index (χ2v) is 8.56. The van der Waals surface area contributed by atoms with Crippen molar-refractivity contribution in [2.45, 2.75) is 19.4 Å². The van der Waals surface area contributed by atoms with Crippen LogP contribution in [0.5, 0.6) is 11.5 Å². The van der Waals surface area contributed by atoms with Crippen LogP contribution in [0.15, 0.2) is 65.9 Å². The van der Waals surface area contributed by atoms with Crippen LogP contribution in [0.4, 0.5) is 4.39 Å². The molecule has 168 valence electrons. The first-order valence-corrected chi connectivity index (χ1v) is 11.0. The monoisotopic (exact) mass is 484 g/mol. The number of halogens is 3. The van der Waals surface area contributed by atoms with Gasteiger partial charge in [0.25, 0.3) is 0 Å². The zero-order valence-electron chi connectivity index (χ0n) is 17.6. The van der Waals surface area contributed by atoms with E-state index in [-0.39, 0.29) is 16.8 Å². The molecule has 0 bridgehead atoms. The molecule has 0 radical (unpaired) electrons. The molecule has 0 saturated heterocycles. The highest BCUT2D eigenvalue weighted by molar-refractivity contribution is 6.31. The van der Waals surface area contributed by atoms with Gasteiger partial charge in [0.15, 0.2) is 23.2 Å². The van der Waals surface area contributed by atoms with Crippen molar-refractivity contribution >= 4 is 34.6 Å². The normalized spacial score (nSPS) is 15.9. The quantitative estimate of drug-likeness (QED) is 0.390. The predicted octanol–water partition coefficient (Wildman–Crippen LogP) is 5.77. The fourth-order valence-corrected chi connectivity index (χ4v) is 4.13. The summed E-state index contributed by atoms with van der Waals surface area (Å²) in [6, 6.07) is 14.1. The van der Waals surface area contributed by atoms with Gasteiger partial charge >= 0.3 is 0 Å². The summed E-state index contributed by atoms with van der Waals surface area (Å²) in [6.07, 6.45) is 3.94. The molecule has 6 nitrogen and oxygen atoms in total. The van der Waals surface area contributed by atoms with Crippen LogP contribution >= 0.6 is 23.2 Å². The zero-order valence-corrected chi connectivity index (χ0v) is 19.1. The van der Waals surface area contributed by atoms with Crippen LogP contribution in [0.1, 0.15) is 16.7 Å². The topological polar surface area (TPSA) is 60.2 Å². The van der Waals surface area contributed by atoms with Gasteiger partial charge in [-0.25, -0.2) is 14.4 Å². The van der Waals surface area contributed by atoms with Crippen molar-refractivity contribution in [1.29, 1.82) is 0 Å². The Balaban J connectivity index is 1.52. The van der Waals surface area contributed by atoms with Gasteiger partial charge < -0.3 is 4.74 Å². The van der Waals surface area contributed by atoms with Crippen molar-refractivity contribution in [1.82, 2.24) is 15.1 Å². The molecule has 2 aromatic heterocycles. The highest BCUT2D eigenvalue weighted by atomic mass is 35.5. The molecule has 2 aromatic carbocycles. The lowest BCUT2D eigenvalue weighted by Gasteiger charge is -2.23. The summed E-state index contributed by atoms with van der Waals surface area (Å²) in [7, 11) is 0. The molecule has 0 spiro atoms. The highest BCUT2D eigenvalue weighted by Crippen LogP contribution is 2.32. The van der Waals surface area contributed by atoms with Crippen LogP contribution in [-0.2, 0) is 11.3 Å². The van der Waals surface area contributed by atoms with E-state index in [1.165, 1.54) is 12.1 Å². The van der Waals surface area contributed by atoms with Crippen LogP contribution in [0.3, 0.4) is 0 Å². The van der Waals surface area contributed by atoms with E-state index >= 15 is 0 Å². The Hall–Kier alpha value is -3.13. The smallest absolute Gasteiger partial charge is 0.184 e. The van der Waals surface area contributed by atoms with E-state index in [1.807, 2.05) is 37.3 Å². The molecular weight excluding hydrogens is 466 g/mol. The molecule has 0 aliphatic carbocycles. The molecule has 3 heterocycles. The van der Waals surface area contributed by atoms with Gasteiger partial charge in [0.05, 0.1) is 34.9 Å². The molecule has 1 aliphatic heterocycles. The lowest BCUT2D eigenvalue weighted by atomic mass is 10.0. The maximum atomic E-state index is 14.5. The number of ether oxygens (including phenoxy) is 1. The second-order valence-electron chi connectivity index (χ2n) is 7.75. The number of amidine groups is 1. The molecule has 0 saturated carbocycles. The van der Waals surface area contributed by atoms with E-state index in [0.29, 0.717) is 35.2 Å². The summed E-state index contributed by atoms with van der Waals surface area (Å²) < 4.78 is 22.1. The Kier molecular flexibility index (Phi) is 5.93. The van der Waals surface area contributed by atoms with Gasteiger partial charge in [0.1, 0.15) is 0 Å². The molecule has 1 atom stereocenters. The SMILES string of the molecule is Cc1ccc(CC2CONC(c3cc4ccnn4cc3Oc3cccc(Cl)c3F)=N2)c(Cl)c1. The maximum absolute atomic E-state index is 14.5. The average molecular weight is 485 g/mol. The molecule has 0 amide bonds. The Morgan fingerprint density at radius 3 is 2.88 bits per heavy atom. The summed E-state index contributed by atoms with van der Waals surface area (Å²) in [5, 5.41) is 4.92. The van der Waals surface area contributed by atoms with Crippen LogP contribution in [0, 0.1) is 12.7 Å². The molecule has 4 aromatic rings. The summed E-state index contributed by atoms with van der Waals surface area (Å²) >= 11 is 12.3. The van der Waals surface area contributed by atoms with Gasteiger partial charge in [-0.2, -0.15) is 5.10 Å². The zero-order chi connectivity index (χ0) is 22.9. The molecule has 1 unspecified atom stereocenters. The third kappa shape index (κ3) is 4.53. The molecule has 1 N–H and O–H groups in total. The number of rotatable bonds is 5. The minimum atomic E-state index is -0.646.